The summed E-state index contributed by atoms with van der Waals surface area (Å²) in [6.07, 6.45) is 6.39. The molecule has 4 radical (unpaired) electrons. The van der Waals surface area contributed by atoms with Crippen LogP contribution in [0.1, 0.15) is 35.7 Å². The Morgan fingerprint density at radius 2 is 1.84 bits per heavy atom. The topological polar surface area (TPSA) is 89.0 Å². The summed E-state index contributed by atoms with van der Waals surface area (Å²) in [5.41, 5.74) is 3.39. The fourth-order valence-corrected chi connectivity index (χ4v) is 4.86. The van der Waals surface area contributed by atoms with Crippen molar-refractivity contribution < 1.29 is 9.47 Å². The third-order valence-corrected chi connectivity index (χ3v) is 6.82. The average molecular weight is 531 g/mol. The molecule has 8 nitrogen and oxygen atoms in total. The first kappa shape index (κ1) is 25.7. The first-order valence-electron chi connectivity index (χ1n) is 11.7. The van der Waals surface area contributed by atoms with Gasteiger partial charge >= 0.3 is 0 Å². The lowest BCUT2D eigenvalue weighted by Gasteiger charge is -2.41. The number of aromatic amines is 1. The number of benzene rings is 1. The number of ether oxygens (including phenoxy) is 2. The highest BCUT2D eigenvalue weighted by Gasteiger charge is 2.30. The fourth-order valence-electron chi connectivity index (χ4n) is 4.19. The minimum Gasteiger partial charge on any atom is -0.486 e. The van der Waals surface area contributed by atoms with Crippen molar-refractivity contribution in [2.45, 2.75) is 18.4 Å². The normalized spacial score (nSPS) is 15.9. The second kappa shape index (κ2) is 10.8. The van der Waals surface area contributed by atoms with Crippen LogP contribution >= 0.6 is 23.2 Å². The van der Waals surface area contributed by atoms with E-state index in [1.807, 2.05) is 48.2 Å². The molecule has 4 heterocycles. The van der Waals surface area contributed by atoms with Gasteiger partial charge < -0.3 is 14.4 Å². The first-order valence-corrected chi connectivity index (χ1v) is 12.4. The number of morpholine rings is 1. The molecular weight excluding hydrogens is 509 g/mol. The lowest BCUT2D eigenvalue weighted by atomic mass is 9.58. The van der Waals surface area contributed by atoms with Gasteiger partial charge in [0.25, 0.3) is 0 Å². The Balaban J connectivity index is 1.33. The van der Waals surface area contributed by atoms with E-state index < -0.39 is 5.34 Å². The largest absolute Gasteiger partial charge is 0.486 e. The molecular formula is C25H22B2Cl2N6O2. The van der Waals surface area contributed by atoms with Crippen molar-refractivity contribution in [3.63, 3.8) is 0 Å². The molecule has 0 amide bonds. The number of hydrogen-bond donors (Lipinski definition) is 1. The highest BCUT2D eigenvalue weighted by atomic mass is 35.5. The summed E-state index contributed by atoms with van der Waals surface area (Å²) in [6.45, 7) is 4.31. The van der Waals surface area contributed by atoms with Crippen LogP contribution in [0.15, 0.2) is 42.7 Å². The van der Waals surface area contributed by atoms with Gasteiger partial charge in [0.2, 0.25) is 0 Å². The molecule has 12 heteroatoms. The molecule has 3 aromatic heterocycles. The van der Waals surface area contributed by atoms with E-state index in [0.29, 0.717) is 59.0 Å². The summed E-state index contributed by atoms with van der Waals surface area (Å²) >= 11 is 12.6. The second-order valence-corrected chi connectivity index (χ2v) is 9.51. The molecule has 1 N–H and O–H groups in total. The van der Waals surface area contributed by atoms with E-state index in [4.69, 9.17) is 48.4 Å². The Hall–Kier alpha value is -2.91. The maximum absolute atomic E-state index is 6.36. The number of nitrogens with one attached hydrogen (secondary N) is 1. The van der Waals surface area contributed by atoms with E-state index in [0.717, 1.165) is 16.6 Å². The van der Waals surface area contributed by atoms with E-state index in [2.05, 4.69) is 25.4 Å². The summed E-state index contributed by atoms with van der Waals surface area (Å²) in [4.78, 5) is 5.93. The van der Waals surface area contributed by atoms with Crippen LogP contribution in [0.5, 0.6) is 5.75 Å². The van der Waals surface area contributed by atoms with Gasteiger partial charge in [-0.3, -0.25) is 10.1 Å². The van der Waals surface area contributed by atoms with Crippen molar-refractivity contribution in [3.05, 3.63) is 75.4 Å². The predicted octanol–water partition coefficient (Wildman–Crippen LogP) is 4.14. The fraction of sp³-hybridized carbons (Fsp3) is 0.280. The number of hydrogen-bond acceptors (Lipinski definition) is 7. The number of fused-ring (bicyclic) bond motifs is 1. The number of nitrogens with zero attached hydrogens (tertiary/aromatic N) is 5. The van der Waals surface area contributed by atoms with Gasteiger partial charge in [-0.15, -0.1) is 0 Å². The molecule has 1 fully saturated rings. The average Bonchev–Trinajstić information content (AvgIpc) is 3.30. The third kappa shape index (κ3) is 5.52. The zero-order valence-electron chi connectivity index (χ0n) is 20.1. The zero-order valence-corrected chi connectivity index (χ0v) is 21.6. The molecule has 0 bridgehead atoms. The lowest BCUT2D eigenvalue weighted by Crippen LogP contribution is -2.52. The van der Waals surface area contributed by atoms with Crippen molar-refractivity contribution in [2.75, 3.05) is 26.3 Å². The van der Waals surface area contributed by atoms with Crippen LogP contribution < -0.4 is 4.74 Å². The smallest absolute Gasteiger partial charge is 0.124 e. The van der Waals surface area contributed by atoms with E-state index in [1.54, 1.807) is 18.5 Å². The molecule has 184 valence electrons. The molecule has 1 unspecified atom stereocenters. The van der Waals surface area contributed by atoms with Crippen LogP contribution in [0, 0.1) is 0 Å². The van der Waals surface area contributed by atoms with Gasteiger partial charge in [-0.2, -0.15) is 15.3 Å². The van der Waals surface area contributed by atoms with Gasteiger partial charge in [0.15, 0.2) is 0 Å². The van der Waals surface area contributed by atoms with Gasteiger partial charge in [0.1, 0.15) is 11.9 Å². The standard InChI is InChI=1S/C25H22B2Cl2N6O2/c1-15(24-19(28)13-30-14-20(24)29)37-17-4-6-22-18(12-17)21(32-33-22)5-2-16-3-7-23(34-31-16)25(26,27)35-8-10-36-11-9-35/h2-7,12-15H,8-11H2,1H3,(H,32,33)/b5-2+. The van der Waals surface area contributed by atoms with E-state index in [-0.39, 0.29) is 6.10 Å². The van der Waals surface area contributed by atoms with Crippen LogP contribution in [-0.4, -0.2) is 72.3 Å². The first-order chi connectivity index (χ1) is 17.8. The lowest BCUT2D eigenvalue weighted by molar-refractivity contribution is 0.0216. The molecule has 1 saturated heterocycles. The molecule has 1 atom stereocenters. The Morgan fingerprint density at radius 3 is 2.54 bits per heavy atom. The van der Waals surface area contributed by atoms with E-state index in [1.165, 1.54) is 0 Å². The van der Waals surface area contributed by atoms with Gasteiger partial charge in [-0.05, 0) is 54.7 Å². The predicted molar refractivity (Wildman–Crippen MR) is 146 cm³/mol. The van der Waals surface area contributed by atoms with Crippen molar-refractivity contribution in [1.82, 2.24) is 30.3 Å². The molecule has 1 aromatic carbocycles. The van der Waals surface area contributed by atoms with Gasteiger partial charge in [-0.1, -0.05) is 23.2 Å². The highest BCUT2D eigenvalue weighted by Crippen LogP contribution is 2.33. The van der Waals surface area contributed by atoms with Crippen LogP contribution in [0.4, 0.5) is 0 Å². The maximum atomic E-state index is 6.36. The van der Waals surface area contributed by atoms with Crippen LogP contribution in [-0.2, 0) is 10.1 Å². The van der Waals surface area contributed by atoms with Crippen molar-refractivity contribution >= 4 is 61.9 Å². The Kier molecular flexibility index (Phi) is 7.53. The molecule has 1 aliphatic heterocycles. The quantitative estimate of drug-likeness (QED) is 0.359. The second-order valence-electron chi connectivity index (χ2n) is 8.69. The Morgan fingerprint density at radius 1 is 1.08 bits per heavy atom. The van der Waals surface area contributed by atoms with Gasteiger partial charge in [0.05, 0.1) is 61.6 Å². The zero-order chi connectivity index (χ0) is 26.0. The van der Waals surface area contributed by atoms with E-state index in [9.17, 15) is 0 Å². The Labute approximate surface area is 227 Å². The Bertz CT molecular complexity index is 1400. The van der Waals surface area contributed by atoms with E-state index >= 15 is 0 Å². The molecule has 37 heavy (non-hydrogen) atoms. The summed E-state index contributed by atoms with van der Waals surface area (Å²) in [5.74, 6) is 0.648. The maximum Gasteiger partial charge on any atom is 0.124 e. The number of pyridine rings is 1. The van der Waals surface area contributed by atoms with Crippen molar-refractivity contribution in [3.8, 4) is 5.75 Å². The minimum absolute atomic E-state index is 0.380. The van der Waals surface area contributed by atoms with Crippen LogP contribution in [0.2, 0.25) is 10.0 Å². The number of halogens is 2. The molecule has 0 saturated carbocycles. The van der Waals surface area contributed by atoms with Gasteiger partial charge in [-0.25, -0.2) is 0 Å². The number of aromatic nitrogens is 5. The molecule has 4 aromatic rings. The van der Waals surface area contributed by atoms with Gasteiger partial charge in [0, 0.05) is 36.4 Å². The summed E-state index contributed by atoms with van der Waals surface area (Å²) < 4.78 is 11.5. The molecule has 0 aliphatic carbocycles. The number of H-pyrrole nitrogens is 1. The third-order valence-electron chi connectivity index (χ3n) is 6.22. The highest BCUT2D eigenvalue weighted by molar-refractivity contribution is 6.39. The van der Waals surface area contributed by atoms with Crippen molar-refractivity contribution in [2.24, 2.45) is 0 Å². The van der Waals surface area contributed by atoms with Crippen molar-refractivity contribution in [1.29, 1.82) is 0 Å². The minimum atomic E-state index is -1.21. The van der Waals surface area contributed by atoms with Crippen LogP contribution in [0.3, 0.4) is 0 Å². The van der Waals surface area contributed by atoms with Crippen LogP contribution in [0.25, 0.3) is 23.1 Å². The summed E-state index contributed by atoms with van der Waals surface area (Å²) in [5, 5.41) is 16.6. The number of rotatable bonds is 7. The molecule has 0 spiro atoms. The molecule has 5 rings (SSSR count). The monoisotopic (exact) mass is 530 g/mol. The summed E-state index contributed by atoms with van der Waals surface area (Å²) in [6, 6.07) is 9.28. The summed E-state index contributed by atoms with van der Waals surface area (Å²) in [7, 11) is 12.7. The molecule has 1 aliphatic rings. The SMILES string of the molecule is [B]C([B])(c1ccc(/C=C/c2n[nH]c3ccc(OC(C)c4c(Cl)cncc4Cl)cc23)nn1)N1CCOCC1.